The highest BCUT2D eigenvalue weighted by Crippen LogP contribution is 2.26. The third kappa shape index (κ3) is 3.92. The largest absolute Gasteiger partial charge is 0.290 e. The van der Waals surface area contributed by atoms with Gasteiger partial charge in [-0.25, -0.2) is 4.99 Å². The van der Waals surface area contributed by atoms with Crippen molar-refractivity contribution >= 4 is 12.1 Å². The van der Waals surface area contributed by atoms with Gasteiger partial charge < -0.3 is 0 Å². The van der Waals surface area contributed by atoms with Gasteiger partial charge in [0, 0.05) is 5.71 Å². The van der Waals surface area contributed by atoms with Crippen LogP contribution in [0.4, 0.5) is 0 Å². The second-order valence-electron chi connectivity index (χ2n) is 4.63. The van der Waals surface area contributed by atoms with Crippen LogP contribution in [0.25, 0.3) is 0 Å². The van der Waals surface area contributed by atoms with Crippen LogP contribution in [0, 0.1) is 5.41 Å². The highest BCUT2D eigenvalue weighted by Gasteiger charge is 2.15. The quantitative estimate of drug-likeness (QED) is 0.402. The molecule has 90 valence electrons. The van der Waals surface area contributed by atoms with Crippen molar-refractivity contribution in [1.82, 2.24) is 0 Å². The predicted octanol–water partition coefficient (Wildman–Crippen LogP) is 4.51. The highest BCUT2D eigenvalue weighted by molar-refractivity contribution is 6.04. The van der Waals surface area contributed by atoms with Crippen molar-refractivity contribution in [2.75, 3.05) is 0 Å². The van der Waals surface area contributed by atoms with Crippen molar-refractivity contribution < 1.29 is 0 Å². The molecule has 0 heterocycles. The summed E-state index contributed by atoms with van der Waals surface area (Å²) in [4.78, 5) is 4.21. The SMILES string of the molecule is CCCCC/C(C)=C1\CCCCC1=NC=N. The molecule has 0 aromatic carbocycles. The summed E-state index contributed by atoms with van der Waals surface area (Å²) < 4.78 is 0. The summed E-state index contributed by atoms with van der Waals surface area (Å²) >= 11 is 0. The number of hydrogen-bond donors (Lipinski definition) is 1. The maximum Gasteiger partial charge on any atom is 0.107 e. The van der Waals surface area contributed by atoms with Gasteiger partial charge in [0.1, 0.15) is 6.34 Å². The fourth-order valence-corrected chi connectivity index (χ4v) is 2.36. The van der Waals surface area contributed by atoms with Crippen molar-refractivity contribution in [2.24, 2.45) is 4.99 Å². The zero-order valence-corrected chi connectivity index (χ0v) is 10.7. The van der Waals surface area contributed by atoms with E-state index in [9.17, 15) is 0 Å². The molecule has 0 saturated heterocycles. The van der Waals surface area contributed by atoms with Crippen LogP contribution in [0.2, 0.25) is 0 Å². The molecule has 0 bridgehead atoms. The molecular weight excluding hydrogens is 196 g/mol. The minimum absolute atomic E-state index is 1.07. The molecule has 0 aliphatic heterocycles. The Balaban J connectivity index is 2.67. The lowest BCUT2D eigenvalue weighted by atomic mass is 9.88. The molecule has 0 atom stereocenters. The van der Waals surface area contributed by atoms with Crippen molar-refractivity contribution in [2.45, 2.75) is 65.2 Å². The molecule has 2 nitrogen and oxygen atoms in total. The van der Waals surface area contributed by atoms with Gasteiger partial charge in [-0.15, -0.1) is 0 Å². The van der Waals surface area contributed by atoms with E-state index in [0.29, 0.717) is 0 Å². The summed E-state index contributed by atoms with van der Waals surface area (Å²) in [6, 6.07) is 0. The summed E-state index contributed by atoms with van der Waals surface area (Å²) in [5.41, 5.74) is 4.13. The molecule has 2 heteroatoms. The molecule has 1 aliphatic rings. The van der Waals surface area contributed by atoms with Gasteiger partial charge in [0.25, 0.3) is 0 Å². The fourth-order valence-electron chi connectivity index (χ4n) is 2.36. The molecular formula is C14H24N2. The Kier molecular flexibility index (Phi) is 6.05. The number of allylic oxidation sites excluding steroid dienone is 2. The second-order valence-corrected chi connectivity index (χ2v) is 4.63. The van der Waals surface area contributed by atoms with Crippen molar-refractivity contribution in [3.8, 4) is 0 Å². The third-order valence-corrected chi connectivity index (χ3v) is 3.33. The molecule has 1 rings (SSSR count). The Bertz CT molecular complexity index is 287. The van der Waals surface area contributed by atoms with Gasteiger partial charge in [-0.3, -0.25) is 5.41 Å². The Morgan fingerprint density at radius 3 is 2.75 bits per heavy atom. The Morgan fingerprint density at radius 2 is 2.06 bits per heavy atom. The normalized spacial score (nSPS) is 22.2. The molecule has 0 amide bonds. The number of hydrogen-bond acceptors (Lipinski definition) is 1. The standard InChI is InChI=1S/C14H24N2/c1-3-4-5-8-12(2)13-9-6-7-10-14(13)16-11-15/h11,15H,3-10H2,1-2H3/b13-12+,15-11?,16-14?. The molecule has 1 fully saturated rings. The maximum absolute atomic E-state index is 7.10. The van der Waals surface area contributed by atoms with E-state index in [2.05, 4.69) is 18.8 Å². The Morgan fingerprint density at radius 1 is 1.31 bits per heavy atom. The summed E-state index contributed by atoms with van der Waals surface area (Å²) in [5, 5.41) is 7.10. The van der Waals surface area contributed by atoms with E-state index in [1.807, 2.05) is 0 Å². The zero-order chi connectivity index (χ0) is 11.8. The number of rotatable bonds is 5. The lowest BCUT2D eigenvalue weighted by molar-refractivity contribution is 0.691. The molecule has 0 aromatic heterocycles. The summed E-state index contributed by atoms with van der Waals surface area (Å²) in [6.45, 7) is 4.49. The summed E-state index contributed by atoms with van der Waals surface area (Å²) in [7, 11) is 0. The second kappa shape index (κ2) is 7.37. The maximum atomic E-state index is 7.10. The molecule has 0 spiro atoms. The van der Waals surface area contributed by atoms with Gasteiger partial charge in [0.2, 0.25) is 0 Å². The first-order chi connectivity index (χ1) is 7.79. The average molecular weight is 220 g/mol. The minimum atomic E-state index is 1.07. The van der Waals surface area contributed by atoms with Crippen LogP contribution in [-0.4, -0.2) is 12.1 Å². The van der Waals surface area contributed by atoms with E-state index < -0.39 is 0 Å². The van der Waals surface area contributed by atoms with Crippen molar-refractivity contribution in [3.05, 3.63) is 11.1 Å². The summed E-state index contributed by atoms with van der Waals surface area (Å²) in [5.74, 6) is 0. The minimum Gasteiger partial charge on any atom is -0.290 e. The monoisotopic (exact) mass is 220 g/mol. The lowest BCUT2D eigenvalue weighted by Crippen LogP contribution is -2.11. The van der Waals surface area contributed by atoms with Gasteiger partial charge in [-0.05, 0) is 51.0 Å². The molecule has 1 N–H and O–H groups in total. The van der Waals surface area contributed by atoms with E-state index in [0.717, 1.165) is 6.42 Å². The average Bonchev–Trinajstić information content (AvgIpc) is 2.30. The number of unbranched alkanes of at least 4 members (excludes halogenated alkanes) is 2. The van der Waals surface area contributed by atoms with E-state index in [-0.39, 0.29) is 0 Å². The molecule has 16 heavy (non-hydrogen) atoms. The number of aliphatic imine (C=N–C) groups is 1. The summed E-state index contributed by atoms with van der Waals surface area (Å²) in [6.07, 6.45) is 11.1. The van der Waals surface area contributed by atoms with Crippen LogP contribution >= 0.6 is 0 Å². The van der Waals surface area contributed by atoms with Gasteiger partial charge in [0.15, 0.2) is 0 Å². The first-order valence-corrected chi connectivity index (χ1v) is 6.54. The van der Waals surface area contributed by atoms with Gasteiger partial charge in [-0.2, -0.15) is 0 Å². The lowest BCUT2D eigenvalue weighted by Gasteiger charge is -2.19. The Labute approximate surface area is 99.4 Å². The van der Waals surface area contributed by atoms with Crippen LogP contribution in [-0.2, 0) is 0 Å². The first kappa shape index (κ1) is 13.1. The van der Waals surface area contributed by atoms with E-state index >= 15 is 0 Å². The van der Waals surface area contributed by atoms with Crippen molar-refractivity contribution in [3.63, 3.8) is 0 Å². The Hall–Kier alpha value is -0.920. The smallest absolute Gasteiger partial charge is 0.107 e. The van der Waals surface area contributed by atoms with Crippen LogP contribution < -0.4 is 0 Å². The van der Waals surface area contributed by atoms with E-state index in [4.69, 9.17) is 5.41 Å². The van der Waals surface area contributed by atoms with Crippen LogP contribution in [0.5, 0.6) is 0 Å². The molecule has 1 aliphatic carbocycles. The molecule has 1 saturated carbocycles. The van der Waals surface area contributed by atoms with Gasteiger partial charge >= 0.3 is 0 Å². The topological polar surface area (TPSA) is 36.2 Å². The number of nitrogens with zero attached hydrogens (tertiary/aromatic N) is 1. The number of nitrogens with one attached hydrogen (secondary N) is 1. The van der Waals surface area contributed by atoms with Crippen LogP contribution in [0.1, 0.15) is 65.2 Å². The van der Waals surface area contributed by atoms with E-state index in [1.54, 1.807) is 0 Å². The van der Waals surface area contributed by atoms with Gasteiger partial charge in [-0.1, -0.05) is 25.3 Å². The van der Waals surface area contributed by atoms with Crippen LogP contribution in [0.3, 0.4) is 0 Å². The third-order valence-electron chi connectivity index (χ3n) is 3.33. The molecule has 0 radical (unpaired) electrons. The molecule has 0 unspecified atom stereocenters. The van der Waals surface area contributed by atoms with Crippen molar-refractivity contribution in [1.29, 1.82) is 5.41 Å². The predicted molar refractivity (Wildman–Crippen MR) is 71.5 cm³/mol. The van der Waals surface area contributed by atoms with Crippen LogP contribution in [0.15, 0.2) is 16.1 Å². The first-order valence-electron chi connectivity index (χ1n) is 6.54. The molecule has 0 aromatic rings. The highest BCUT2D eigenvalue weighted by atomic mass is 14.8. The zero-order valence-electron chi connectivity index (χ0n) is 10.7. The van der Waals surface area contributed by atoms with E-state index in [1.165, 1.54) is 68.1 Å². The van der Waals surface area contributed by atoms with Gasteiger partial charge in [0.05, 0.1) is 0 Å². The fraction of sp³-hybridized carbons (Fsp3) is 0.714.